The summed E-state index contributed by atoms with van der Waals surface area (Å²) in [6, 6.07) is 0. The van der Waals surface area contributed by atoms with Crippen LogP contribution in [0.2, 0.25) is 0 Å². The minimum absolute atomic E-state index is 0.0152. The highest BCUT2D eigenvalue weighted by Crippen LogP contribution is 2.36. The minimum Gasteiger partial charge on any atom is -0.477 e. The summed E-state index contributed by atoms with van der Waals surface area (Å²) < 4.78 is 20.3. The molecule has 1 saturated heterocycles. The first-order valence-corrected chi connectivity index (χ1v) is 7.91. The number of phosphoric ester groups is 1. The Hall–Kier alpha value is -1.10. The topological polar surface area (TPSA) is 158 Å². The van der Waals surface area contributed by atoms with E-state index < -0.39 is 44.9 Å². The molecule has 5 atom stereocenters. The molecule has 2 aliphatic heterocycles. The lowest BCUT2D eigenvalue weighted by Crippen LogP contribution is -3.13. The van der Waals surface area contributed by atoms with Crippen LogP contribution in [-0.4, -0.2) is 68.8 Å². The van der Waals surface area contributed by atoms with Crippen LogP contribution in [0.1, 0.15) is 0 Å². The summed E-state index contributed by atoms with van der Waals surface area (Å²) in [7, 11) is -4.72. The number of aliphatic hydroxyl groups excluding tert-OH is 2. The second-order valence-corrected chi connectivity index (χ2v) is 6.19. The molecule has 2 rings (SSSR count). The monoisotopic (exact) mass is 338 g/mol. The van der Waals surface area contributed by atoms with Gasteiger partial charge >= 0.3 is 13.8 Å². The number of quaternary nitrogens is 1. The van der Waals surface area contributed by atoms with Gasteiger partial charge in [0.1, 0.15) is 30.5 Å². The van der Waals surface area contributed by atoms with Crippen molar-refractivity contribution in [2.45, 2.75) is 24.5 Å². The Kier molecular flexibility index (Phi) is 5.15. The summed E-state index contributed by atoms with van der Waals surface area (Å²) in [4.78, 5) is 28.7. The smallest absolute Gasteiger partial charge is 0.469 e. The van der Waals surface area contributed by atoms with Gasteiger partial charge in [-0.25, -0.2) is 9.36 Å². The molecule has 124 valence electrons. The van der Waals surface area contributed by atoms with Crippen molar-refractivity contribution in [2.24, 2.45) is 0 Å². The average molecular weight is 338 g/mol. The van der Waals surface area contributed by atoms with Crippen molar-refractivity contribution in [1.29, 1.82) is 0 Å². The summed E-state index contributed by atoms with van der Waals surface area (Å²) in [6.45, 7) is -0.269. The Labute approximate surface area is 125 Å². The Balaban J connectivity index is 2.05. The zero-order chi connectivity index (χ0) is 16.5. The van der Waals surface area contributed by atoms with E-state index in [1.54, 1.807) is 6.08 Å². The van der Waals surface area contributed by atoms with Crippen molar-refractivity contribution in [1.82, 2.24) is 0 Å². The second-order valence-electron chi connectivity index (χ2n) is 4.95. The van der Waals surface area contributed by atoms with E-state index in [2.05, 4.69) is 4.52 Å². The minimum atomic E-state index is -4.72. The van der Waals surface area contributed by atoms with Crippen molar-refractivity contribution >= 4 is 13.8 Å². The molecule has 0 aliphatic carbocycles. The molecule has 0 radical (unpaired) electrons. The SMILES string of the molecule is O=C(O)C1=C[NH+](C2OC(COP(=O)(O)O)C(O)C2O)CC=C1. The van der Waals surface area contributed by atoms with Gasteiger partial charge in [0.25, 0.3) is 0 Å². The Morgan fingerprint density at radius 3 is 2.68 bits per heavy atom. The Morgan fingerprint density at radius 2 is 2.09 bits per heavy atom. The summed E-state index contributed by atoms with van der Waals surface area (Å²) in [6.07, 6.45) is -0.518. The second kappa shape index (κ2) is 6.57. The lowest BCUT2D eigenvalue weighted by atomic mass is 10.1. The molecule has 1 fully saturated rings. The number of hydrogen-bond acceptors (Lipinski definition) is 6. The molecule has 10 nitrogen and oxygen atoms in total. The predicted molar refractivity (Wildman–Crippen MR) is 69.4 cm³/mol. The number of carboxylic acids is 1. The highest BCUT2D eigenvalue weighted by Gasteiger charge is 2.48. The van der Waals surface area contributed by atoms with Crippen molar-refractivity contribution in [3.63, 3.8) is 0 Å². The van der Waals surface area contributed by atoms with E-state index >= 15 is 0 Å². The lowest BCUT2D eigenvalue weighted by molar-refractivity contribution is -0.897. The number of rotatable bonds is 5. The normalized spacial score (nSPS) is 35.5. The fraction of sp³-hybridized carbons (Fsp3) is 0.545. The van der Waals surface area contributed by atoms with Crippen LogP contribution in [0.15, 0.2) is 23.9 Å². The molecule has 0 spiro atoms. The number of hydrogen-bond donors (Lipinski definition) is 6. The highest BCUT2D eigenvalue weighted by molar-refractivity contribution is 7.46. The molecule has 2 heterocycles. The van der Waals surface area contributed by atoms with Gasteiger partial charge in [0.15, 0.2) is 6.10 Å². The molecule has 0 aromatic rings. The first kappa shape index (κ1) is 17.3. The van der Waals surface area contributed by atoms with E-state index in [-0.39, 0.29) is 5.57 Å². The van der Waals surface area contributed by atoms with Crippen LogP contribution in [0.4, 0.5) is 0 Å². The van der Waals surface area contributed by atoms with Gasteiger partial charge in [-0.05, 0) is 12.2 Å². The van der Waals surface area contributed by atoms with Gasteiger partial charge in [0.2, 0.25) is 6.23 Å². The third kappa shape index (κ3) is 4.00. The van der Waals surface area contributed by atoms with Crippen LogP contribution >= 0.6 is 7.82 Å². The molecular formula is C11H17NO9P+. The van der Waals surface area contributed by atoms with Crippen LogP contribution in [0.25, 0.3) is 0 Å². The van der Waals surface area contributed by atoms with Crippen LogP contribution in [-0.2, 0) is 18.6 Å². The Morgan fingerprint density at radius 1 is 1.41 bits per heavy atom. The molecular weight excluding hydrogens is 321 g/mol. The van der Waals surface area contributed by atoms with E-state index in [9.17, 15) is 19.6 Å². The van der Waals surface area contributed by atoms with Gasteiger partial charge in [0, 0.05) is 0 Å². The summed E-state index contributed by atoms with van der Waals surface area (Å²) in [5.74, 6) is -1.14. The third-order valence-electron chi connectivity index (χ3n) is 3.37. The molecule has 5 unspecified atom stereocenters. The van der Waals surface area contributed by atoms with Crippen LogP contribution < -0.4 is 4.90 Å². The maximum Gasteiger partial charge on any atom is 0.469 e. The zero-order valence-electron chi connectivity index (χ0n) is 11.3. The number of carboxylic acid groups (broad SMARTS) is 1. The number of carbonyl (C=O) groups is 1. The standard InChI is InChI=1S/C11H16NO9P/c13-8-7(5-20-22(17,18)19)21-10(9(8)14)12-3-1-2-6(4-12)11(15)16/h1-2,4,7-10,13-14H,3,5H2,(H,15,16)(H2,17,18,19)/p+1. The molecule has 0 saturated carbocycles. The van der Waals surface area contributed by atoms with E-state index in [0.29, 0.717) is 11.4 Å². The van der Waals surface area contributed by atoms with Gasteiger partial charge in [0.05, 0.1) is 6.61 Å². The van der Waals surface area contributed by atoms with Gasteiger partial charge in [-0.3, -0.25) is 9.42 Å². The summed E-state index contributed by atoms with van der Waals surface area (Å²) >= 11 is 0. The van der Waals surface area contributed by atoms with Crippen molar-refractivity contribution in [3.05, 3.63) is 23.9 Å². The van der Waals surface area contributed by atoms with Crippen molar-refractivity contribution in [3.8, 4) is 0 Å². The first-order valence-electron chi connectivity index (χ1n) is 6.38. The number of ether oxygens (including phenoxy) is 1. The van der Waals surface area contributed by atoms with E-state index in [4.69, 9.17) is 19.6 Å². The van der Waals surface area contributed by atoms with Crippen molar-refractivity contribution in [2.75, 3.05) is 13.2 Å². The predicted octanol–water partition coefficient (Wildman–Crippen LogP) is -3.03. The Bertz CT molecular complexity index is 542. The molecule has 11 heteroatoms. The van der Waals surface area contributed by atoms with Crippen LogP contribution in [0.3, 0.4) is 0 Å². The molecule has 0 aromatic heterocycles. The summed E-state index contributed by atoms with van der Waals surface area (Å²) in [5.41, 5.74) is 0.0152. The van der Waals surface area contributed by atoms with Crippen LogP contribution in [0.5, 0.6) is 0 Å². The molecule has 22 heavy (non-hydrogen) atoms. The van der Waals surface area contributed by atoms with Crippen molar-refractivity contribution < 1.29 is 48.6 Å². The molecule has 2 aliphatic rings. The first-order chi connectivity index (χ1) is 10.2. The number of aliphatic carboxylic acids is 1. The number of aliphatic hydroxyl groups is 2. The molecule has 0 aromatic carbocycles. The largest absolute Gasteiger partial charge is 0.477 e. The maximum absolute atomic E-state index is 10.9. The number of phosphoric acid groups is 1. The van der Waals surface area contributed by atoms with Gasteiger partial charge in [-0.15, -0.1) is 0 Å². The fourth-order valence-corrected chi connectivity index (χ4v) is 2.66. The van der Waals surface area contributed by atoms with E-state index in [1.807, 2.05) is 0 Å². The maximum atomic E-state index is 10.9. The highest BCUT2D eigenvalue weighted by atomic mass is 31.2. The zero-order valence-corrected chi connectivity index (χ0v) is 12.2. The van der Waals surface area contributed by atoms with Crippen LogP contribution in [0, 0.1) is 0 Å². The van der Waals surface area contributed by atoms with Gasteiger partial charge < -0.3 is 29.8 Å². The van der Waals surface area contributed by atoms with Gasteiger partial charge in [-0.2, -0.15) is 0 Å². The summed E-state index contributed by atoms with van der Waals surface area (Å²) in [5, 5.41) is 28.8. The number of nitrogens with one attached hydrogen (secondary N) is 1. The van der Waals surface area contributed by atoms with E-state index in [0.717, 1.165) is 0 Å². The molecule has 0 amide bonds. The average Bonchev–Trinajstić information content (AvgIpc) is 2.72. The van der Waals surface area contributed by atoms with E-state index in [1.165, 1.54) is 12.3 Å². The van der Waals surface area contributed by atoms with Gasteiger partial charge in [-0.1, -0.05) is 0 Å². The lowest BCUT2D eigenvalue weighted by Gasteiger charge is -2.24. The quantitative estimate of drug-likeness (QED) is 0.287. The third-order valence-corrected chi connectivity index (χ3v) is 3.86. The fourth-order valence-electron chi connectivity index (χ4n) is 2.32. The molecule has 0 bridgehead atoms. The molecule has 6 N–H and O–H groups in total.